The second-order valence-corrected chi connectivity index (χ2v) is 7.10. The Labute approximate surface area is 130 Å². The first kappa shape index (κ1) is 16.5. The second-order valence-electron chi connectivity index (χ2n) is 7.10. The molecule has 1 aliphatic heterocycles. The van der Waals surface area contributed by atoms with Crippen molar-refractivity contribution in [1.29, 1.82) is 0 Å². The zero-order valence-corrected chi connectivity index (χ0v) is 14.2. The Bertz CT molecular complexity index is 408. The van der Waals surface area contributed by atoms with Crippen LogP contribution in [0, 0.1) is 5.92 Å². The summed E-state index contributed by atoms with van der Waals surface area (Å²) in [5.41, 5.74) is 2.90. The minimum Gasteiger partial charge on any atom is -0.314 e. The van der Waals surface area contributed by atoms with E-state index < -0.39 is 0 Å². The summed E-state index contributed by atoms with van der Waals surface area (Å²) in [5.74, 6) is 0.772. The fourth-order valence-corrected chi connectivity index (χ4v) is 3.35. The molecule has 1 atom stereocenters. The number of hydrogen-bond acceptors (Lipinski definition) is 2. The van der Waals surface area contributed by atoms with Crippen LogP contribution in [0.3, 0.4) is 0 Å². The Morgan fingerprint density at radius 2 is 1.76 bits per heavy atom. The average molecular weight is 288 g/mol. The lowest BCUT2D eigenvalue weighted by atomic mass is 10.0. The molecule has 0 spiro atoms. The molecular weight excluding hydrogens is 256 g/mol. The number of rotatable bonds is 7. The van der Waals surface area contributed by atoms with Gasteiger partial charge in [-0.2, -0.15) is 0 Å². The average Bonchev–Trinajstić information content (AvgIpc) is 2.89. The minimum atomic E-state index is 0.576. The molecule has 0 aromatic heterocycles. The summed E-state index contributed by atoms with van der Waals surface area (Å²) in [7, 11) is 0. The van der Waals surface area contributed by atoms with Gasteiger partial charge in [-0.15, -0.1) is 0 Å². The molecular formula is C19H32N2. The van der Waals surface area contributed by atoms with Crippen molar-refractivity contribution in [2.24, 2.45) is 5.92 Å². The molecule has 0 saturated carbocycles. The third-order valence-electron chi connectivity index (χ3n) is 4.56. The lowest BCUT2D eigenvalue weighted by molar-refractivity contribution is 0.199. The maximum atomic E-state index is 3.48. The SMILES string of the molecule is CC(C)NCCc1ccc(CN2CCCC2C(C)C)cc1. The summed E-state index contributed by atoms with van der Waals surface area (Å²) >= 11 is 0. The lowest BCUT2D eigenvalue weighted by Gasteiger charge is -2.27. The number of benzene rings is 1. The highest BCUT2D eigenvalue weighted by Crippen LogP contribution is 2.25. The van der Waals surface area contributed by atoms with Crippen molar-refractivity contribution < 1.29 is 0 Å². The highest BCUT2D eigenvalue weighted by molar-refractivity contribution is 5.23. The summed E-state index contributed by atoms with van der Waals surface area (Å²) in [6.45, 7) is 12.6. The van der Waals surface area contributed by atoms with Crippen LogP contribution >= 0.6 is 0 Å². The lowest BCUT2D eigenvalue weighted by Crippen LogP contribution is -2.32. The Hall–Kier alpha value is -0.860. The van der Waals surface area contributed by atoms with Crippen LogP contribution in [-0.2, 0) is 13.0 Å². The maximum absolute atomic E-state index is 3.48. The first-order chi connectivity index (χ1) is 10.1. The van der Waals surface area contributed by atoms with Gasteiger partial charge in [-0.3, -0.25) is 4.90 Å². The van der Waals surface area contributed by atoms with Crippen molar-refractivity contribution >= 4 is 0 Å². The fourth-order valence-electron chi connectivity index (χ4n) is 3.35. The Balaban J connectivity index is 1.84. The van der Waals surface area contributed by atoms with Gasteiger partial charge in [0.15, 0.2) is 0 Å². The van der Waals surface area contributed by atoms with Gasteiger partial charge in [0.1, 0.15) is 0 Å². The highest BCUT2D eigenvalue weighted by atomic mass is 15.2. The standard InChI is InChI=1S/C19H32N2/c1-15(2)19-6-5-13-21(19)14-18-9-7-17(8-10-18)11-12-20-16(3)4/h7-10,15-16,19-20H,5-6,11-14H2,1-4H3. The van der Waals surface area contributed by atoms with E-state index in [0.717, 1.165) is 31.5 Å². The Morgan fingerprint density at radius 3 is 2.38 bits per heavy atom. The molecule has 21 heavy (non-hydrogen) atoms. The molecule has 0 bridgehead atoms. The van der Waals surface area contributed by atoms with Crippen molar-refractivity contribution in [3.8, 4) is 0 Å². The van der Waals surface area contributed by atoms with Gasteiger partial charge in [0.25, 0.3) is 0 Å². The van der Waals surface area contributed by atoms with E-state index >= 15 is 0 Å². The van der Waals surface area contributed by atoms with Gasteiger partial charge in [0, 0.05) is 18.6 Å². The normalized spacial score (nSPS) is 19.8. The number of nitrogens with zero attached hydrogens (tertiary/aromatic N) is 1. The van der Waals surface area contributed by atoms with Gasteiger partial charge < -0.3 is 5.32 Å². The van der Waals surface area contributed by atoms with Crippen molar-refractivity contribution in [3.63, 3.8) is 0 Å². The van der Waals surface area contributed by atoms with Gasteiger partial charge in [0.05, 0.1) is 0 Å². The molecule has 0 radical (unpaired) electrons. The summed E-state index contributed by atoms with van der Waals surface area (Å²) in [5, 5.41) is 3.48. The molecule has 1 N–H and O–H groups in total. The van der Waals surface area contributed by atoms with Crippen LogP contribution in [0.4, 0.5) is 0 Å². The Morgan fingerprint density at radius 1 is 1.10 bits per heavy atom. The number of hydrogen-bond donors (Lipinski definition) is 1. The molecule has 2 rings (SSSR count). The molecule has 1 heterocycles. The van der Waals surface area contributed by atoms with Crippen molar-refractivity contribution in [3.05, 3.63) is 35.4 Å². The van der Waals surface area contributed by atoms with E-state index in [1.165, 1.54) is 30.5 Å². The summed E-state index contributed by atoms with van der Waals surface area (Å²) in [4.78, 5) is 2.67. The number of likely N-dealkylation sites (tertiary alicyclic amines) is 1. The second kappa shape index (κ2) is 7.95. The van der Waals surface area contributed by atoms with Crippen LogP contribution in [0.2, 0.25) is 0 Å². The van der Waals surface area contributed by atoms with Crippen LogP contribution in [0.1, 0.15) is 51.7 Å². The van der Waals surface area contributed by atoms with Gasteiger partial charge in [-0.1, -0.05) is 52.0 Å². The molecule has 118 valence electrons. The minimum absolute atomic E-state index is 0.576. The van der Waals surface area contributed by atoms with Gasteiger partial charge in [-0.05, 0) is 49.4 Å². The van der Waals surface area contributed by atoms with Gasteiger partial charge >= 0.3 is 0 Å². The Kier molecular flexibility index (Phi) is 6.25. The topological polar surface area (TPSA) is 15.3 Å². The van der Waals surface area contributed by atoms with Crippen molar-refractivity contribution in [1.82, 2.24) is 10.2 Å². The highest BCUT2D eigenvalue weighted by Gasteiger charge is 2.26. The van der Waals surface area contributed by atoms with E-state index in [1.807, 2.05) is 0 Å². The number of nitrogens with one attached hydrogen (secondary N) is 1. The van der Waals surface area contributed by atoms with E-state index in [-0.39, 0.29) is 0 Å². The van der Waals surface area contributed by atoms with Gasteiger partial charge in [-0.25, -0.2) is 0 Å². The van der Waals surface area contributed by atoms with E-state index in [1.54, 1.807) is 0 Å². The summed E-state index contributed by atoms with van der Waals surface area (Å²) in [6.07, 6.45) is 3.86. The molecule has 1 unspecified atom stereocenters. The molecule has 1 aromatic rings. The molecule has 2 nitrogen and oxygen atoms in total. The van der Waals surface area contributed by atoms with Crippen LogP contribution in [0.5, 0.6) is 0 Å². The van der Waals surface area contributed by atoms with Crippen LogP contribution in [0.25, 0.3) is 0 Å². The predicted octanol–water partition coefficient (Wildman–Crippen LogP) is 3.85. The molecule has 0 aliphatic carbocycles. The molecule has 1 saturated heterocycles. The van der Waals surface area contributed by atoms with E-state index in [2.05, 4.69) is 62.2 Å². The van der Waals surface area contributed by atoms with E-state index in [0.29, 0.717) is 6.04 Å². The largest absolute Gasteiger partial charge is 0.314 e. The molecule has 2 heteroatoms. The van der Waals surface area contributed by atoms with Crippen LogP contribution < -0.4 is 5.32 Å². The fraction of sp³-hybridized carbons (Fsp3) is 0.684. The van der Waals surface area contributed by atoms with E-state index in [4.69, 9.17) is 0 Å². The van der Waals surface area contributed by atoms with Gasteiger partial charge in [0.2, 0.25) is 0 Å². The molecule has 1 aliphatic rings. The van der Waals surface area contributed by atoms with Crippen LogP contribution in [0.15, 0.2) is 24.3 Å². The predicted molar refractivity (Wildman–Crippen MR) is 91.6 cm³/mol. The first-order valence-electron chi connectivity index (χ1n) is 8.61. The van der Waals surface area contributed by atoms with Crippen LogP contribution in [-0.4, -0.2) is 30.1 Å². The zero-order valence-electron chi connectivity index (χ0n) is 14.2. The monoisotopic (exact) mass is 288 g/mol. The van der Waals surface area contributed by atoms with Crippen molar-refractivity contribution in [2.45, 2.75) is 65.6 Å². The third-order valence-corrected chi connectivity index (χ3v) is 4.56. The van der Waals surface area contributed by atoms with E-state index in [9.17, 15) is 0 Å². The molecule has 1 aromatic carbocycles. The molecule has 0 amide bonds. The smallest absolute Gasteiger partial charge is 0.0236 e. The summed E-state index contributed by atoms with van der Waals surface area (Å²) < 4.78 is 0. The maximum Gasteiger partial charge on any atom is 0.0236 e. The zero-order chi connectivity index (χ0) is 15.2. The summed E-state index contributed by atoms with van der Waals surface area (Å²) in [6, 6.07) is 10.6. The van der Waals surface area contributed by atoms with Crippen molar-refractivity contribution in [2.75, 3.05) is 13.1 Å². The molecule has 1 fully saturated rings. The quantitative estimate of drug-likeness (QED) is 0.820. The first-order valence-corrected chi connectivity index (χ1v) is 8.61. The third kappa shape index (κ3) is 5.12.